The van der Waals surface area contributed by atoms with Gasteiger partial charge in [0, 0.05) is 23.3 Å². The first-order valence-corrected chi connectivity index (χ1v) is 7.04. The monoisotopic (exact) mass is 301 g/mol. The van der Waals surface area contributed by atoms with Crippen molar-refractivity contribution in [1.82, 2.24) is 14.7 Å². The average Bonchev–Trinajstić information content (AvgIpc) is 3.11. The van der Waals surface area contributed by atoms with Crippen LogP contribution in [0.2, 0.25) is 0 Å². The van der Waals surface area contributed by atoms with E-state index in [-0.39, 0.29) is 18.1 Å². The fraction of sp³-hybridized carbons (Fsp3) is 0.0714. The van der Waals surface area contributed by atoms with Gasteiger partial charge in [0.1, 0.15) is 5.01 Å². The molecule has 3 rings (SSSR count). The van der Waals surface area contributed by atoms with E-state index in [1.807, 2.05) is 28.8 Å². The van der Waals surface area contributed by atoms with Gasteiger partial charge in [0.05, 0.1) is 12.1 Å². The molecule has 0 aliphatic rings. The second kappa shape index (κ2) is 5.37. The number of amides is 1. The number of aromatic nitrogens is 2. The molecular formula is C14H11N3O3S. The maximum atomic E-state index is 12.1. The van der Waals surface area contributed by atoms with Gasteiger partial charge in [-0.2, -0.15) is 0 Å². The fourth-order valence-electron chi connectivity index (χ4n) is 1.93. The van der Waals surface area contributed by atoms with Crippen LogP contribution in [0.25, 0.3) is 5.52 Å². The molecule has 7 heteroatoms. The molecule has 0 saturated heterocycles. The molecule has 0 fully saturated rings. The molecule has 2 N–H and O–H groups in total. The summed E-state index contributed by atoms with van der Waals surface area (Å²) in [5.74, 6) is -1.28. The fourth-order valence-corrected chi connectivity index (χ4v) is 2.64. The number of rotatable bonds is 4. The summed E-state index contributed by atoms with van der Waals surface area (Å²) in [7, 11) is 0. The van der Waals surface area contributed by atoms with Crippen molar-refractivity contribution in [1.29, 1.82) is 0 Å². The first kappa shape index (κ1) is 13.3. The van der Waals surface area contributed by atoms with Gasteiger partial charge in [-0.15, -0.1) is 11.3 Å². The summed E-state index contributed by atoms with van der Waals surface area (Å²) < 4.78 is 1.86. The van der Waals surface area contributed by atoms with Crippen LogP contribution in [0.1, 0.15) is 25.9 Å². The molecule has 0 unspecified atom stereocenters. The third kappa shape index (κ3) is 2.77. The third-order valence-corrected chi connectivity index (χ3v) is 3.79. The summed E-state index contributed by atoms with van der Waals surface area (Å²) in [6.45, 7) is 0.211. The Morgan fingerprint density at radius 3 is 2.95 bits per heavy atom. The Labute approximate surface area is 123 Å². The zero-order valence-corrected chi connectivity index (χ0v) is 11.6. The van der Waals surface area contributed by atoms with E-state index in [1.165, 1.54) is 16.7 Å². The first-order valence-electron chi connectivity index (χ1n) is 6.16. The van der Waals surface area contributed by atoms with Crippen LogP contribution in [0.3, 0.4) is 0 Å². The molecule has 0 spiro atoms. The molecule has 21 heavy (non-hydrogen) atoms. The van der Waals surface area contributed by atoms with Crippen LogP contribution in [0.4, 0.5) is 0 Å². The Morgan fingerprint density at radius 1 is 1.38 bits per heavy atom. The minimum atomic E-state index is -1.07. The lowest BCUT2D eigenvalue weighted by atomic mass is 10.3. The lowest BCUT2D eigenvalue weighted by molar-refractivity contribution is 0.0691. The van der Waals surface area contributed by atoms with Gasteiger partial charge in [0.2, 0.25) is 0 Å². The van der Waals surface area contributed by atoms with E-state index in [4.69, 9.17) is 5.11 Å². The molecule has 3 aromatic heterocycles. The number of hydrogen-bond donors (Lipinski definition) is 2. The predicted octanol–water partition coefficient (Wildman–Crippen LogP) is 2.02. The Kier molecular flexibility index (Phi) is 3.41. The van der Waals surface area contributed by atoms with Gasteiger partial charge in [-0.05, 0) is 18.2 Å². The summed E-state index contributed by atoms with van der Waals surface area (Å²) >= 11 is 1.21. The van der Waals surface area contributed by atoms with Crippen molar-refractivity contribution in [2.45, 2.75) is 6.54 Å². The Hall–Kier alpha value is -2.67. The highest BCUT2D eigenvalue weighted by atomic mass is 32.1. The zero-order valence-electron chi connectivity index (χ0n) is 10.8. The number of carbonyl (C=O) groups is 2. The first-order chi connectivity index (χ1) is 10.1. The van der Waals surface area contributed by atoms with E-state index in [1.54, 1.807) is 12.3 Å². The smallest absolute Gasteiger partial charge is 0.355 e. The number of aromatic carboxylic acids is 1. The van der Waals surface area contributed by atoms with Crippen LogP contribution in [0.15, 0.2) is 42.0 Å². The lowest BCUT2D eigenvalue weighted by Gasteiger charge is -2.00. The molecule has 3 aromatic rings. The van der Waals surface area contributed by atoms with E-state index in [2.05, 4.69) is 10.3 Å². The summed E-state index contributed by atoms with van der Waals surface area (Å²) in [5, 5.41) is 13.5. The van der Waals surface area contributed by atoms with Crippen LogP contribution in [-0.2, 0) is 6.54 Å². The second-order valence-corrected chi connectivity index (χ2v) is 5.32. The van der Waals surface area contributed by atoms with Crippen molar-refractivity contribution in [2.75, 3.05) is 0 Å². The molecule has 0 aromatic carbocycles. The summed E-state index contributed by atoms with van der Waals surface area (Å²) in [4.78, 5) is 26.7. The number of carbonyl (C=O) groups excluding carboxylic acids is 1. The maximum Gasteiger partial charge on any atom is 0.355 e. The number of hydrogen-bond acceptors (Lipinski definition) is 4. The van der Waals surface area contributed by atoms with Gasteiger partial charge in [-0.25, -0.2) is 9.78 Å². The third-order valence-electron chi connectivity index (χ3n) is 2.94. The number of nitrogens with one attached hydrogen (secondary N) is 1. The van der Waals surface area contributed by atoms with Gasteiger partial charge < -0.3 is 14.8 Å². The van der Waals surface area contributed by atoms with E-state index >= 15 is 0 Å². The van der Waals surface area contributed by atoms with E-state index in [0.29, 0.717) is 10.6 Å². The average molecular weight is 301 g/mol. The molecule has 0 aliphatic carbocycles. The van der Waals surface area contributed by atoms with Crippen molar-refractivity contribution in [2.24, 2.45) is 0 Å². The minimum absolute atomic E-state index is 0.00106. The van der Waals surface area contributed by atoms with Gasteiger partial charge in [-0.1, -0.05) is 6.07 Å². The van der Waals surface area contributed by atoms with Gasteiger partial charge >= 0.3 is 5.97 Å². The minimum Gasteiger partial charge on any atom is -0.476 e. The van der Waals surface area contributed by atoms with Gasteiger partial charge in [-0.3, -0.25) is 4.79 Å². The highest BCUT2D eigenvalue weighted by molar-refractivity contribution is 7.09. The van der Waals surface area contributed by atoms with Crippen LogP contribution >= 0.6 is 11.3 Å². The SMILES string of the molecule is O=C(NCc1nc(C(=O)O)cs1)c1cc2ccccn2c1. The Morgan fingerprint density at radius 2 is 2.24 bits per heavy atom. The zero-order chi connectivity index (χ0) is 14.8. The highest BCUT2D eigenvalue weighted by Crippen LogP contribution is 2.12. The molecule has 1 amide bonds. The van der Waals surface area contributed by atoms with Crippen LogP contribution < -0.4 is 5.32 Å². The van der Waals surface area contributed by atoms with Crippen LogP contribution in [0, 0.1) is 0 Å². The summed E-state index contributed by atoms with van der Waals surface area (Å²) in [6.07, 6.45) is 3.61. The number of fused-ring (bicyclic) bond motifs is 1. The molecule has 3 heterocycles. The Balaban J connectivity index is 1.69. The molecule has 0 aliphatic heterocycles. The standard InChI is InChI=1S/C14H11N3O3S/c18-13(9-5-10-3-1-2-4-17(10)7-9)15-6-12-16-11(8-21-12)14(19)20/h1-5,7-8H,6H2,(H,15,18)(H,19,20). The van der Waals surface area contributed by atoms with Crippen molar-refractivity contribution in [3.05, 3.63) is 58.3 Å². The second-order valence-electron chi connectivity index (χ2n) is 4.38. The molecule has 0 bridgehead atoms. The number of carboxylic acids is 1. The summed E-state index contributed by atoms with van der Waals surface area (Å²) in [6, 6.07) is 7.49. The van der Waals surface area contributed by atoms with Crippen molar-refractivity contribution >= 4 is 28.7 Å². The van der Waals surface area contributed by atoms with E-state index in [0.717, 1.165) is 5.52 Å². The lowest BCUT2D eigenvalue weighted by Crippen LogP contribution is -2.22. The van der Waals surface area contributed by atoms with Crippen LogP contribution in [0.5, 0.6) is 0 Å². The number of carboxylic acid groups (broad SMARTS) is 1. The molecule has 6 nitrogen and oxygen atoms in total. The highest BCUT2D eigenvalue weighted by Gasteiger charge is 2.11. The molecule has 106 valence electrons. The van der Waals surface area contributed by atoms with Crippen molar-refractivity contribution in [3.8, 4) is 0 Å². The van der Waals surface area contributed by atoms with Gasteiger partial charge in [0.25, 0.3) is 5.91 Å². The largest absolute Gasteiger partial charge is 0.476 e. The molecule has 0 radical (unpaired) electrons. The van der Waals surface area contributed by atoms with Gasteiger partial charge in [0.15, 0.2) is 5.69 Å². The molecule has 0 atom stereocenters. The van der Waals surface area contributed by atoms with E-state index < -0.39 is 5.97 Å². The number of nitrogens with zero attached hydrogens (tertiary/aromatic N) is 2. The van der Waals surface area contributed by atoms with Crippen molar-refractivity contribution < 1.29 is 14.7 Å². The number of thiazole rings is 1. The van der Waals surface area contributed by atoms with Crippen LogP contribution in [-0.4, -0.2) is 26.4 Å². The quantitative estimate of drug-likeness (QED) is 0.772. The maximum absolute atomic E-state index is 12.1. The molecule has 0 saturated carbocycles. The molecular weight excluding hydrogens is 290 g/mol. The normalized spacial score (nSPS) is 10.7. The topological polar surface area (TPSA) is 83.7 Å². The predicted molar refractivity (Wildman–Crippen MR) is 77.6 cm³/mol. The Bertz CT molecular complexity index is 789. The summed E-state index contributed by atoms with van der Waals surface area (Å²) in [5.41, 5.74) is 1.49. The van der Waals surface area contributed by atoms with Crippen molar-refractivity contribution in [3.63, 3.8) is 0 Å². The number of pyridine rings is 1. The van der Waals surface area contributed by atoms with E-state index in [9.17, 15) is 9.59 Å².